The summed E-state index contributed by atoms with van der Waals surface area (Å²) < 4.78 is 5.80. The SMILES string of the molecule is Ic1cc(C2CC2)no1. The molecule has 3 heteroatoms. The molecule has 48 valence electrons. The van der Waals surface area contributed by atoms with Crippen LogP contribution in [0.3, 0.4) is 0 Å². The van der Waals surface area contributed by atoms with Crippen LogP contribution in [-0.4, -0.2) is 5.16 Å². The topological polar surface area (TPSA) is 26.0 Å². The van der Waals surface area contributed by atoms with E-state index in [1.165, 1.54) is 12.8 Å². The van der Waals surface area contributed by atoms with E-state index in [-0.39, 0.29) is 0 Å². The number of nitrogens with zero attached hydrogens (tertiary/aromatic N) is 1. The van der Waals surface area contributed by atoms with Crippen molar-refractivity contribution in [2.75, 3.05) is 0 Å². The number of rotatable bonds is 1. The van der Waals surface area contributed by atoms with Crippen LogP contribution in [0.25, 0.3) is 0 Å². The molecule has 0 radical (unpaired) electrons. The van der Waals surface area contributed by atoms with Gasteiger partial charge in [0.2, 0.25) is 0 Å². The van der Waals surface area contributed by atoms with Crippen molar-refractivity contribution < 1.29 is 4.52 Å². The van der Waals surface area contributed by atoms with E-state index in [0.29, 0.717) is 0 Å². The van der Waals surface area contributed by atoms with Gasteiger partial charge in [0.05, 0.1) is 5.69 Å². The van der Waals surface area contributed by atoms with Crippen LogP contribution in [0.4, 0.5) is 0 Å². The van der Waals surface area contributed by atoms with Gasteiger partial charge in [0.1, 0.15) is 0 Å². The second-order valence-electron chi connectivity index (χ2n) is 2.33. The Kier molecular flexibility index (Phi) is 1.25. The summed E-state index contributed by atoms with van der Waals surface area (Å²) in [5.41, 5.74) is 1.14. The lowest BCUT2D eigenvalue weighted by atomic mass is 10.3. The Hall–Kier alpha value is -0.0600. The van der Waals surface area contributed by atoms with Crippen molar-refractivity contribution in [3.05, 3.63) is 15.5 Å². The highest BCUT2D eigenvalue weighted by molar-refractivity contribution is 14.1. The van der Waals surface area contributed by atoms with Crippen molar-refractivity contribution in [1.82, 2.24) is 5.16 Å². The smallest absolute Gasteiger partial charge is 0.196 e. The minimum atomic E-state index is 0.720. The number of hydrogen-bond donors (Lipinski definition) is 0. The third-order valence-electron chi connectivity index (χ3n) is 1.50. The van der Waals surface area contributed by atoms with Gasteiger partial charge in [-0.15, -0.1) is 0 Å². The van der Waals surface area contributed by atoms with E-state index in [9.17, 15) is 0 Å². The first-order valence-electron chi connectivity index (χ1n) is 2.98. The predicted molar refractivity (Wildman–Crippen MR) is 41.2 cm³/mol. The zero-order valence-corrected chi connectivity index (χ0v) is 6.96. The van der Waals surface area contributed by atoms with E-state index in [2.05, 4.69) is 27.7 Å². The van der Waals surface area contributed by atoms with Crippen molar-refractivity contribution in [2.45, 2.75) is 18.8 Å². The van der Waals surface area contributed by atoms with Gasteiger partial charge < -0.3 is 4.52 Å². The van der Waals surface area contributed by atoms with Gasteiger partial charge >= 0.3 is 0 Å². The molecule has 1 saturated carbocycles. The third kappa shape index (κ3) is 1.10. The zero-order chi connectivity index (χ0) is 6.27. The first-order valence-corrected chi connectivity index (χ1v) is 4.06. The van der Waals surface area contributed by atoms with E-state index >= 15 is 0 Å². The van der Waals surface area contributed by atoms with Gasteiger partial charge in [-0.2, -0.15) is 0 Å². The van der Waals surface area contributed by atoms with Gasteiger partial charge in [-0.1, -0.05) is 5.16 Å². The van der Waals surface area contributed by atoms with Crippen LogP contribution in [0, 0.1) is 3.77 Å². The molecule has 2 nitrogen and oxygen atoms in total. The van der Waals surface area contributed by atoms with Crippen LogP contribution < -0.4 is 0 Å². The van der Waals surface area contributed by atoms with Crippen LogP contribution in [0.1, 0.15) is 24.5 Å². The highest BCUT2D eigenvalue weighted by Crippen LogP contribution is 2.39. The molecule has 0 saturated heterocycles. The average molecular weight is 235 g/mol. The van der Waals surface area contributed by atoms with Crippen molar-refractivity contribution in [3.63, 3.8) is 0 Å². The summed E-state index contributed by atoms with van der Waals surface area (Å²) in [7, 11) is 0. The molecule has 1 aliphatic rings. The molecule has 1 fully saturated rings. The normalized spacial score (nSPS) is 18.3. The lowest BCUT2D eigenvalue weighted by molar-refractivity contribution is 0.391. The summed E-state index contributed by atoms with van der Waals surface area (Å²) in [5.74, 6) is 0.720. The Labute approximate surface area is 66.7 Å². The second-order valence-corrected chi connectivity index (χ2v) is 3.39. The Morgan fingerprint density at radius 2 is 2.44 bits per heavy atom. The van der Waals surface area contributed by atoms with Crippen LogP contribution in [0.5, 0.6) is 0 Å². The van der Waals surface area contributed by atoms with Gasteiger partial charge in [-0.25, -0.2) is 0 Å². The summed E-state index contributed by atoms with van der Waals surface area (Å²) in [4.78, 5) is 0. The Morgan fingerprint density at radius 3 is 2.89 bits per heavy atom. The van der Waals surface area contributed by atoms with Gasteiger partial charge in [0, 0.05) is 34.6 Å². The fourth-order valence-electron chi connectivity index (χ4n) is 0.837. The Balaban J connectivity index is 2.28. The lowest BCUT2D eigenvalue weighted by Gasteiger charge is -1.78. The number of hydrogen-bond acceptors (Lipinski definition) is 2. The van der Waals surface area contributed by atoms with Crippen molar-refractivity contribution >= 4 is 22.6 Å². The van der Waals surface area contributed by atoms with Gasteiger partial charge in [0.15, 0.2) is 3.77 Å². The van der Waals surface area contributed by atoms with Crippen molar-refractivity contribution in [3.8, 4) is 0 Å². The minimum absolute atomic E-state index is 0.720. The largest absolute Gasteiger partial charge is 0.350 e. The highest BCUT2D eigenvalue weighted by Gasteiger charge is 2.26. The molecule has 0 aromatic carbocycles. The molecule has 0 aliphatic heterocycles. The van der Waals surface area contributed by atoms with Crippen LogP contribution in [-0.2, 0) is 0 Å². The van der Waals surface area contributed by atoms with Crippen molar-refractivity contribution in [1.29, 1.82) is 0 Å². The maximum Gasteiger partial charge on any atom is 0.196 e. The van der Waals surface area contributed by atoms with Crippen LogP contribution in [0.15, 0.2) is 10.6 Å². The number of aromatic nitrogens is 1. The summed E-state index contributed by atoms with van der Waals surface area (Å²) in [6.07, 6.45) is 2.59. The highest BCUT2D eigenvalue weighted by atomic mass is 127. The average Bonchev–Trinajstić information content (AvgIpc) is 2.58. The van der Waals surface area contributed by atoms with E-state index in [0.717, 1.165) is 15.4 Å². The molecule has 1 aromatic rings. The Morgan fingerprint density at radius 1 is 1.67 bits per heavy atom. The Bertz CT molecular complexity index is 217. The van der Waals surface area contributed by atoms with Crippen LogP contribution in [0.2, 0.25) is 0 Å². The van der Waals surface area contributed by atoms with E-state index < -0.39 is 0 Å². The monoisotopic (exact) mass is 235 g/mol. The standard InChI is InChI=1S/C6H6INO/c7-6-3-5(8-9-6)4-1-2-4/h3-4H,1-2H2. The molecule has 0 N–H and O–H groups in total. The molecule has 0 atom stereocenters. The maximum absolute atomic E-state index is 4.90. The van der Waals surface area contributed by atoms with Gasteiger partial charge in [-0.3, -0.25) is 0 Å². The second kappa shape index (κ2) is 1.97. The summed E-state index contributed by atoms with van der Waals surface area (Å²) in [6, 6.07) is 2.01. The zero-order valence-electron chi connectivity index (χ0n) is 4.80. The molecular formula is C6H6INO. The third-order valence-corrected chi connectivity index (χ3v) is 2.00. The molecule has 9 heavy (non-hydrogen) atoms. The maximum atomic E-state index is 4.90. The molecule has 1 aromatic heterocycles. The molecule has 1 heterocycles. The minimum Gasteiger partial charge on any atom is -0.350 e. The summed E-state index contributed by atoms with van der Waals surface area (Å²) in [6.45, 7) is 0. The molecule has 0 bridgehead atoms. The van der Waals surface area contributed by atoms with E-state index in [4.69, 9.17) is 4.52 Å². The quantitative estimate of drug-likeness (QED) is 0.697. The van der Waals surface area contributed by atoms with Gasteiger partial charge in [-0.05, 0) is 12.8 Å². The molecule has 1 aliphatic carbocycles. The predicted octanol–water partition coefficient (Wildman–Crippen LogP) is 2.16. The fourth-order valence-corrected chi connectivity index (χ4v) is 1.25. The lowest BCUT2D eigenvalue weighted by Crippen LogP contribution is -1.73. The van der Waals surface area contributed by atoms with E-state index in [1.807, 2.05) is 6.07 Å². The van der Waals surface area contributed by atoms with Crippen molar-refractivity contribution in [2.24, 2.45) is 0 Å². The number of halogens is 1. The molecule has 0 unspecified atom stereocenters. The molecule has 0 amide bonds. The summed E-state index contributed by atoms with van der Waals surface area (Å²) >= 11 is 2.13. The van der Waals surface area contributed by atoms with Gasteiger partial charge in [0.25, 0.3) is 0 Å². The molecular weight excluding hydrogens is 229 g/mol. The first kappa shape index (κ1) is 5.70. The van der Waals surface area contributed by atoms with E-state index in [1.54, 1.807) is 0 Å². The van der Waals surface area contributed by atoms with Crippen LogP contribution >= 0.6 is 22.6 Å². The first-order chi connectivity index (χ1) is 4.36. The fraction of sp³-hybridized carbons (Fsp3) is 0.500. The summed E-state index contributed by atoms with van der Waals surface area (Å²) in [5, 5.41) is 3.90. The molecule has 0 spiro atoms. The molecule has 2 rings (SSSR count).